The van der Waals surface area contributed by atoms with Crippen LogP contribution in [0.1, 0.15) is 31.9 Å². The maximum absolute atomic E-state index is 2.28. The summed E-state index contributed by atoms with van der Waals surface area (Å²) in [6.07, 6.45) is 1.11. The maximum Gasteiger partial charge on any atom is -0.0179 e. The van der Waals surface area contributed by atoms with Crippen LogP contribution in [0.2, 0.25) is 0 Å². The lowest BCUT2D eigenvalue weighted by Gasteiger charge is -2.01. The van der Waals surface area contributed by atoms with Crippen LogP contribution in [-0.2, 0) is 6.42 Å². The van der Waals surface area contributed by atoms with Crippen LogP contribution in [0.5, 0.6) is 0 Å². The molecule has 0 aromatic heterocycles. The van der Waals surface area contributed by atoms with Gasteiger partial charge in [-0.25, -0.2) is 0 Å². The van der Waals surface area contributed by atoms with E-state index in [2.05, 4.69) is 50.2 Å². The Hall–Kier alpha value is -1.30. The summed E-state index contributed by atoms with van der Waals surface area (Å²) >= 11 is 0. The zero-order chi connectivity index (χ0) is 11.3. The van der Waals surface area contributed by atoms with Gasteiger partial charge in [0.2, 0.25) is 0 Å². The smallest absolute Gasteiger partial charge is 0.0179 e. The molecule has 0 bridgehead atoms. The molecular formula is C15H20. The van der Waals surface area contributed by atoms with Crippen molar-refractivity contribution in [2.75, 3.05) is 0 Å². The summed E-state index contributed by atoms with van der Waals surface area (Å²) in [5, 5.41) is 2.70. The first-order chi connectivity index (χ1) is 7.29. The van der Waals surface area contributed by atoms with Gasteiger partial charge in [-0.15, -0.1) is 0 Å². The standard InChI is InChI=1S/C13H14.C2H6/c1-3-11-5-7-12-6-4-10(2)8-13(12)9-11;1-2/h4-9H,3H2,1-2H3;1-2H3. The van der Waals surface area contributed by atoms with E-state index in [-0.39, 0.29) is 0 Å². The van der Waals surface area contributed by atoms with Gasteiger partial charge in [-0.1, -0.05) is 62.7 Å². The van der Waals surface area contributed by atoms with E-state index in [1.165, 1.54) is 21.9 Å². The molecule has 0 nitrogen and oxygen atoms in total. The Morgan fingerprint density at radius 3 is 2.20 bits per heavy atom. The van der Waals surface area contributed by atoms with Crippen molar-refractivity contribution in [2.45, 2.75) is 34.1 Å². The molecule has 0 saturated heterocycles. The summed E-state index contributed by atoms with van der Waals surface area (Å²) in [5.74, 6) is 0. The van der Waals surface area contributed by atoms with Crippen molar-refractivity contribution in [2.24, 2.45) is 0 Å². The number of hydrogen-bond acceptors (Lipinski definition) is 0. The van der Waals surface area contributed by atoms with E-state index in [1.54, 1.807) is 0 Å². The van der Waals surface area contributed by atoms with E-state index >= 15 is 0 Å². The quantitative estimate of drug-likeness (QED) is 0.624. The predicted molar refractivity (Wildman–Crippen MR) is 69.4 cm³/mol. The van der Waals surface area contributed by atoms with Gasteiger partial charge in [-0.3, -0.25) is 0 Å². The second-order valence-electron chi connectivity index (χ2n) is 3.54. The lowest BCUT2D eigenvalue weighted by atomic mass is 10.0. The fourth-order valence-corrected chi connectivity index (χ4v) is 1.64. The van der Waals surface area contributed by atoms with E-state index in [0.717, 1.165) is 6.42 Å². The minimum Gasteiger partial charge on any atom is -0.0683 e. The first-order valence-corrected chi connectivity index (χ1v) is 5.79. The molecule has 80 valence electrons. The van der Waals surface area contributed by atoms with E-state index in [9.17, 15) is 0 Å². The first kappa shape index (κ1) is 11.8. The van der Waals surface area contributed by atoms with E-state index in [4.69, 9.17) is 0 Å². The average molecular weight is 200 g/mol. The Kier molecular flexibility index (Phi) is 4.36. The van der Waals surface area contributed by atoms with Crippen LogP contribution >= 0.6 is 0 Å². The largest absolute Gasteiger partial charge is 0.0683 e. The van der Waals surface area contributed by atoms with Crippen molar-refractivity contribution < 1.29 is 0 Å². The molecule has 0 heteroatoms. The maximum atomic E-state index is 2.28. The summed E-state index contributed by atoms with van der Waals surface area (Å²) in [4.78, 5) is 0. The van der Waals surface area contributed by atoms with Crippen LogP contribution in [0.3, 0.4) is 0 Å². The second kappa shape index (κ2) is 5.55. The highest BCUT2D eigenvalue weighted by atomic mass is 14.0. The highest BCUT2D eigenvalue weighted by Crippen LogP contribution is 2.17. The molecule has 0 aliphatic carbocycles. The summed E-state index contributed by atoms with van der Waals surface area (Å²) < 4.78 is 0. The van der Waals surface area contributed by atoms with Gasteiger partial charge in [0.25, 0.3) is 0 Å². The molecule has 2 aromatic rings. The Labute approximate surface area is 92.9 Å². The molecule has 0 saturated carbocycles. The zero-order valence-electron chi connectivity index (χ0n) is 10.2. The van der Waals surface area contributed by atoms with Gasteiger partial charge in [0.05, 0.1) is 0 Å². The molecule has 0 spiro atoms. The third-order valence-corrected chi connectivity index (χ3v) is 2.47. The lowest BCUT2D eigenvalue weighted by molar-refractivity contribution is 1.15. The van der Waals surface area contributed by atoms with Crippen LogP contribution in [-0.4, -0.2) is 0 Å². The zero-order valence-corrected chi connectivity index (χ0v) is 10.2. The minimum atomic E-state index is 1.11. The normalized spacial score (nSPS) is 9.60. The van der Waals surface area contributed by atoms with Gasteiger partial charge >= 0.3 is 0 Å². The molecule has 0 atom stereocenters. The van der Waals surface area contributed by atoms with E-state index in [0.29, 0.717) is 0 Å². The van der Waals surface area contributed by atoms with Gasteiger partial charge in [0.15, 0.2) is 0 Å². The minimum absolute atomic E-state index is 1.11. The third-order valence-electron chi connectivity index (χ3n) is 2.47. The van der Waals surface area contributed by atoms with Gasteiger partial charge in [-0.2, -0.15) is 0 Å². The summed E-state index contributed by atoms with van der Waals surface area (Å²) in [7, 11) is 0. The van der Waals surface area contributed by atoms with Crippen LogP contribution < -0.4 is 0 Å². The van der Waals surface area contributed by atoms with Crippen LogP contribution in [0.25, 0.3) is 10.8 Å². The van der Waals surface area contributed by atoms with Crippen molar-refractivity contribution in [1.29, 1.82) is 0 Å². The fourth-order valence-electron chi connectivity index (χ4n) is 1.64. The molecule has 2 rings (SSSR count). The van der Waals surface area contributed by atoms with Crippen molar-refractivity contribution in [3.8, 4) is 0 Å². The molecule has 2 aromatic carbocycles. The Morgan fingerprint density at radius 1 is 0.867 bits per heavy atom. The van der Waals surface area contributed by atoms with E-state index < -0.39 is 0 Å². The number of fused-ring (bicyclic) bond motifs is 1. The molecule has 0 aliphatic rings. The molecule has 0 radical (unpaired) electrons. The SMILES string of the molecule is CC.CCc1ccc2ccc(C)cc2c1. The van der Waals surface area contributed by atoms with Gasteiger partial charge in [-0.05, 0) is 29.7 Å². The van der Waals surface area contributed by atoms with Crippen molar-refractivity contribution in [1.82, 2.24) is 0 Å². The lowest BCUT2D eigenvalue weighted by Crippen LogP contribution is -1.81. The summed E-state index contributed by atoms with van der Waals surface area (Å²) in [6.45, 7) is 8.33. The van der Waals surface area contributed by atoms with Crippen molar-refractivity contribution in [3.63, 3.8) is 0 Å². The van der Waals surface area contributed by atoms with Crippen molar-refractivity contribution in [3.05, 3.63) is 47.5 Å². The topological polar surface area (TPSA) is 0 Å². The van der Waals surface area contributed by atoms with E-state index in [1.807, 2.05) is 13.8 Å². The van der Waals surface area contributed by atoms with Crippen LogP contribution in [0, 0.1) is 6.92 Å². The first-order valence-electron chi connectivity index (χ1n) is 5.79. The Bertz CT molecular complexity index is 427. The van der Waals surface area contributed by atoms with Gasteiger partial charge in [0.1, 0.15) is 0 Å². The Balaban J connectivity index is 0.000000531. The number of aryl methyl sites for hydroxylation is 2. The fraction of sp³-hybridized carbons (Fsp3) is 0.333. The highest BCUT2D eigenvalue weighted by molar-refractivity contribution is 5.83. The number of hydrogen-bond donors (Lipinski definition) is 0. The van der Waals surface area contributed by atoms with Crippen LogP contribution in [0.15, 0.2) is 36.4 Å². The van der Waals surface area contributed by atoms with Gasteiger partial charge in [0, 0.05) is 0 Å². The molecule has 0 aliphatic heterocycles. The average Bonchev–Trinajstić information content (AvgIpc) is 2.30. The number of benzene rings is 2. The van der Waals surface area contributed by atoms with Crippen LogP contribution in [0.4, 0.5) is 0 Å². The third kappa shape index (κ3) is 2.82. The monoisotopic (exact) mass is 200 g/mol. The highest BCUT2D eigenvalue weighted by Gasteiger charge is 1.94. The molecule has 0 N–H and O–H groups in total. The second-order valence-corrected chi connectivity index (χ2v) is 3.54. The molecule has 0 amide bonds. The summed E-state index contributed by atoms with van der Waals surface area (Å²) in [5.41, 5.74) is 2.75. The molecular weight excluding hydrogens is 180 g/mol. The van der Waals surface area contributed by atoms with Crippen molar-refractivity contribution >= 4 is 10.8 Å². The Morgan fingerprint density at radius 2 is 1.53 bits per heavy atom. The molecule has 15 heavy (non-hydrogen) atoms. The summed E-state index contributed by atoms with van der Waals surface area (Å²) in [6, 6.07) is 13.3. The number of rotatable bonds is 1. The molecule has 0 unspecified atom stereocenters. The molecule has 0 fully saturated rings. The van der Waals surface area contributed by atoms with Gasteiger partial charge < -0.3 is 0 Å². The molecule has 0 heterocycles. The predicted octanol–water partition coefficient (Wildman–Crippen LogP) is 4.74.